The minimum absolute atomic E-state index is 0.0823. The maximum Gasteiger partial charge on any atom is 0.309 e. The number of carbonyl (C=O) groups is 2. The Bertz CT molecular complexity index is 268. The van der Waals surface area contributed by atoms with E-state index in [1.54, 1.807) is 19.3 Å². The molecule has 90 valence electrons. The summed E-state index contributed by atoms with van der Waals surface area (Å²) in [6.07, 6.45) is 6.34. The van der Waals surface area contributed by atoms with Gasteiger partial charge in [-0.25, -0.2) is 0 Å². The molecule has 16 heavy (non-hydrogen) atoms. The molecular weight excluding hydrogens is 212 g/mol. The van der Waals surface area contributed by atoms with Crippen molar-refractivity contribution in [2.45, 2.75) is 12.8 Å². The van der Waals surface area contributed by atoms with E-state index in [4.69, 9.17) is 14.6 Å². The summed E-state index contributed by atoms with van der Waals surface area (Å²) in [4.78, 5) is 21.2. The lowest BCUT2D eigenvalue weighted by molar-refractivity contribution is -0.141. The zero-order chi connectivity index (χ0) is 12.2. The Morgan fingerprint density at radius 3 is 2.31 bits per heavy atom. The third kappa shape index (κ3) is 10.5. The quantitative estimate of drug-likeness (QED) is 0.498. The highest BCUT2D eigenvalue weighted by Crippen LogP contribution is 1.91. The fourth-order valence-corrected chi connectivity index (χ4v) is 0.796. The molecule has 0 rings (SSSR count). The Kier molecular flexibility index (Phi) is 8.91. The van der Waals surface area contributed by atoms with E-state index < -0.39 is 5.97 Å². The molecule has 0 aromatic carbocycles. The van der Waals surface area contributed by atoms with Crippen LogP contribution in [0.4, 0.5) is 0 Å². The second kappa shape index (κ2) is 9.92. The van der Waals surface area contributed by atoms with Gasteiger partial charge in [-0.15, -0.1) is 0 Å². The van der Waals surface area contributed by atoms with Crippen LogP contribution in [0.5, 0.6) is 0 Å². The molecule has 0 aliphatic rings. The molecule has 0 aromatic rings. The highest BCUT2D eigenvalue weighted by atomic mass is 16.5. The lowest BCUT2D eigenvalue weighted by Crippen LogP contribution is -2.02. The standard InChI is InChI=1S/C11H16O5/c1-15-8-4-5-9-16-11(14)7-3-2-6-10(12)13/h2-5H,6-9H2,1H3,(H,12,13)/b3-2+,5-4+. The average molecular weight is 228 g/mol. The number of hydrogen-bond donors (Lipinski definition) is 1. The molecule has 1 N–H and O–H groups in total. The molecule has 5 nitrogen and oxygen atoms in total. The van der Waals surface area contributed by atoms with Gasteiger partial charge in [-0.3, -0.25) is 9.59 Å². The number of rotatable bonds is 8. The number of ether oxygens (including phenoxy) is 2. The van der Waals surface area contributed by atoms with Gasteiger partial charge in [0.05, 0.1) is 19.4 Å². The molecular formula is C11H16O5. The highest BCUT2D eigenvalue weighted by molar-refractivity contribution is 5.72. The Balaban J connectivity index is 3.51. The van der Waals surface area contributed by atoms with Crippen molar-refractivity contribution < 1.29 is 24.2 Å². The first kappa shape index (κ1) is 14.4. The van der Waals surface area contributed by atoms with Crippen molar-refractivity contribution in [3.63, 3.8) is 0 Å². The van der Waals surface area contributed by atoms with Crippen molar-refractivity contribution in [1.29, 1.82) is 0 Å². The predicted octanol–water partition coefficient (Wildman–Crippen LogP) is 1.15. The molecule has 0 aliphatic heterocycles. The van der Waals surface area contributed by atoms with Gasteiger partial charge in [-0.05, 0) is 6.08 Å². The van der Waals surface area contributed by atoms with Crippen molar-refractivity contribution in [2.75, 3.05) is 20.3 Å². The average Bonchev–Trinajstić information content (AvgIpc) is 2.24. The van der Waals surface area contributed by atoms with Crippen LogP contribution in [0.25, 0.3) is 0 Å². The molecule has 0 fully saturated rings. The lowest BCUT2D eigenvalue weighted by atomic mass is 10.3. The maximum atomic E-state index is 11.0. The van der Waals surface area contributed by atoms with E-state index in [9.17, 15) is 9.59 Å². The van der Waals surface area contributed by atoms with Crippen LogP contribution < -0.4 is 0 Å². The summed E-state index contributed by atoms with van der Waals surface area (Å²) in [5.41, 5.74) is 0. The minimum Gasteiger partial charge on any atom is -0.481 e. The van der Waals surface area contributed by atoms with E-state index in [1.807, 2.05) is 0 Å². The first-order valence-electron chi connectivity index (χ1n) is 4.83. The molecule has 5 heteroatoms. The summed E-state index contributed by atoms with van der Waals surface area (Å²) >= 11 is 0. The zero-order valence-corrected chi connectivity index (χ0v) is 9.22. The number of hydrogen-bond acceptors (Lipinski definition) is 4. The Labute approximate surface area is 94.4 Å². The first-order valence-corrected chi connectivity index (χ1v) is 4.83. The Hall–Kier alpha value is -1.62. The smallest absolute Gasteiger partial charge is 0.309 e. The lowest BCUT2D eigenvalue weighted by Gasteiger charge is -1.97. The van der Waals surface area contributed by atoms with Gasteiger partial charge in [0.2, 0.25) is 0 Å². The fourth-order valence-electron chi connectivity index (χ4n) is 0.796. The predicted molar refractivity (Wildman–Crippen MR) is 58.0 cm³/mol. The van der Waals surface area contributed by atoms with Gasteiger partial charge >= 0.3 is 11.9 Å². The monoisotopic (exact) mass is 228 g/mol. The van der Waals surface area contributed by atoms with Crippen LogP contribution in [0.15, 0.2) is 24.3 Å². The Morgan fingerprint density at radius 2 is 1.69 bits per heavy atom. The van der Waals surface area contributed by atoms with Crippen LogP contribution in [0.1, 0.15) is 12.8 Å². The normalized spacial score (nSPS) is 11.1. The van der Waals surface area contributed by atoms with Crippen LogP contribution in [0, 0.1) is 0 Å². The zero-order valence-electron chi connectivity index (χ0n) is 9.22. The van der Waals surface area contributed by atoms with Crippen LogP contribution >= 0.6 is 0 Å². The molecule has 0 atom stereocenters. The van der Waals surface area contributed by atoms with Crippen LogP contribution in [0.3, 0.4) is 0 Å². The minimum atomic E-state index is -0.924. The first-order chi connectivity index (χ1) is 7.66. The molecule has 0 aromatic heterocycles. The largest absolute Gasteiger partial charge is 0.481 e. The fraction of sp³-hybridized carbons (Fsp3) is 0.455. The molecule has 0 aliphatic carbocycles. The van der Waals surface area contributed by atoms with Gasteiger partial charge in [-0.1, -0.05) is 18.2 Å². The number of carboxylic acid groups (broad SMARTS) is 1. The molecule has 0 saturated heterocycles. The summed E-state index contributed by atoms with van der Waals surface area (Å²) in [5.74, 6) is -1.31. The van der Waals surface area contributed by atoms with Gasteiger partial charge in [-0.2, -0.15) is 0 Å². The van der Waals surface area contributed by atoms with Gasteiger partial charge in [0.1, 0.15) is 6.61 Å². The molecule has 0 heterocycles. The van der Waals surface area contributed by atoms with Crippen LogP contribution in [-0.2, 0) is 19.1 Å². The van der Waals surface area contributed by atoms with E-state index >= 15 is 0 Å². The van der Waals surface area contributed by atoms with Gasteiger partial charge < -0.3 is 14.6 Å². The van der Waals surface area contributed by atoms with Crippen LogP contribution in [-0.4, -0.2) is 37.4 Å². The summed E-state index contributed by atoms with van der Waals surface area (Å²) in [6, 6.07) is 0. The van der Waals surface area contributed by atoms with Crippen molar-refractivity contribution >= 4 is 11.9 Å². The van der Waals surface area contributed by atoms with E-state index in [1.165, 1.54) is 12.2 Å². The summed E-state index contributed by atoms with van der Waals surface area (Å²) < 4.78 is 9.57. The van der Waals surface area contributed by atoms with E-state index in [-0.39, 0.29) is 25.4 Å². The van der Waals surface area contributed by atoms with Crippen molar-refractivity contribution in [3.05, 3.63) is 24.3 Å². The van der Waals surface area contributed by atoms with Crippen molar-refractivity contribution in [2.24, 2.45) is 0 Å². The number of carbonyl (C=O) groups excluding carboxylic acids is 1. The summed E-state index contributed by atoms with van der Waals surface area (Å²) in [7, 11) is 1.57. The SMILES string of the molecule is COC/C=C/COC(=O)C/C=C/CC(=O)O. The van der Waals surface area contributed by atoms with Crippen molar-refractivity contribution in [1.82, 2.24) is 0 Å². The number of methoxy groups -OCH3 is 1. The molecule has 0 spiro atoms. The highest BCUT2D eigenvalue weighted by Gasteiger charge is 1.97. The van der Waals surface area contributed by atoms with E-state index in [0.717, 1.165) is 0 Å². The van der Waals surface area contributed by atoms with E-state index in [2.05, 4.69) is 0 Å². The van der Waals surface area contributed by atoms with Gasteiger partial charge in [0, 0.05) is 7.11 Å². The van der Waals surface area contributed by atoms with Gasteiger partial charge in [0.25, 0.3) is 0 Å². The third-order valence-corrected chi connectivity index (χ3v) is 1.51. The third-order valence-electron chi connectivity index (χ3n) is 1.51. The molecule has 0 bridgehead atoms. The summed E-state index contributed by atoms with van der Waals surface area (Å²) in [6.45, 7) is 0.686. The molecule has 0 radical (unpaired) electrons. The number of esters is 1. The van der Waals surface area contributed by atoms with Crippen molar-refractivity contribution in [3.8, 4) is 0 Å². The Morgan fingerprint density at radius 1 is 1.06 bits per heavy atom. The molecule has 0 unspecified atom stereocenters. The topological polar surface area (TPSA) is 72.8 Å². The van der Waals surface area contributed by atoms with Gasteiger partial charge in [0.15, 0.2) is 0 Å². The second-order valence-corrected chi connectivity index (χ2v) is 2.88. The molecule has 0 amide bonds. The number of aliphatic carboxylic acids is 1. The summed E-state index contributed by atoms with van der Waals surface area (Å²) in [5, 5.41) is 8.31. The van der Waals surface area contributed by atoms with E-state index in [0.29, 0.717) is 6.61 Å². The molecule has 0 saturated carbocycles. The van der Waals surface area contributed by atoms with Crippen LogP contribution in [0.2, 0.25) is 0 Å². The number of carboxylic acids is 1. The second-order valence-electron chi connectivity index (χ2n) is 2.88. The maximum absolute atomic E-state index is 11.0.